The molecule has 1 aromatic carbocycles. The summed E-state index contributed by atoms with van der Waals surface area (Å²) >= 11 is 12.4. The van der Waals surface area contributed by atoms with Crippen molar-refractivity contribution in [2.75, 3.05) is 13.6 Å². The molecule has 0 radical (unpaired) electrons. The van der Waals surface area contributed by atoms with Gasteiger partial charge in [-0.1, -0.05) is 36.5 Å². The van der Waals surface area contributed by atoms with Crippen LogP contribution in [0.4, 0.5) is 0 Å². The van der Waals surface area contributed by atoms with Crippen LogP contribution in [0.3, 0.4) is 0 Å². The summed E-state index contributed by atoms with van der Waals surface area (Å²) < 4.78 is 0. The molecule has 1 aliphatic rings. The molecule has 0 amide bonds. The molecule has 1 saturated carbocycles. The van der Waals surface area contributed by atoms with Crippen LogP contribution in [0.1, 0.15) is 31.7 Å². The van der Waals surface area contributed by atoms with E-state index in [-0.39, 0.29) is 0 Å². The van der Waals surface area contributed by atoms with E-state index in [9.17, 15) is 0 Å². The van der Waals surface area contributed by atoms with E-state index in [4.69, 9.17) is 23.2 Å². The summed E-state index contributed by atoms with van der Waals surface area (Å²) in [6.45, 7) is 3.47. The second kappa shape index (κ2) is 6.97. The maximum absolute atomic E-state index is 6.30. The van der Waals surface area contributed by atoms with Crippen molar-refractivity contribution in [3.63, 3.8) is 0 Å². The number of halogens is 2. The van der Waals surface area contributed by atoms with Crippen molar-refractivity contribution in [3.05, 3.63) is 33.8 Å². The third-order valence-electron chi connectivity index (χ3n) is 4.36. The second-order valence-electron chi connectivity index (χ2n) is 5.94. The van der Waals surface area contributed by atoms with Crippen LogP contribution in [0.25, 0.3) is 0 Å². The highest BCUT2D eigenvalue weighted by molar-refractivity contribution is 6.33. The highest BCUT2D eigenvalue weighted by atomic mass is 35.5. The minimum absolute atomic E-state index is 0.715. The van der Waals surface area contributed by atoms with Gasteiger partial charge in [0.05, 0.1) is 0 Å². The molecule has 1 aromatic rings. The first-order valence-corrected chi connectivity index (χ1v) is 7.94. The van der Waals surface area contributed by atoms with E-state index in [2.05, 4.69) is 12.2 Å². The van der Waals surface area contributed by atoms with Crippen molar-refractivity contribution in [2.24, 2.45) is 17.8 Å². The van der Waals surface area contributed by atoms with Gasteiger partial charge in [-0.3, -0.25) is 0 Å². The summed E-state index contributed by atoms with van der Waals surface area (Å²) in [7, 11) is 2.04. The quantitative estimate of drug-likeness (QED) is 0.841. The van der Waals surface area contributed by atoms with E-state index in [0.717, 1.165) is 34.8 Å². The third-order valence-corrected chi connectivity index (χ3v) is 4.96. The summed E-state index contributed by atoms with van der Waals surface area (Å²) in [6, 6.07) is 5.81. The Morgan fingerprint density at radius 1 is 1.21 bits per heavy atom. The molecule has 0 bridgehead atoms. The summed E-state index contributed by atoms with van der Waals surface area (Å²) in [5.74, 6) is 2.31. The van der Waals surface area contributed by atoms with Crippen LogP contribution in [0.15, 0.2) is 18.2 Å². The molecule has 1 aliphatic carbocycles. The Balaban J connectivity index is 2.11. The van der Waals surface area contributed by atoms with E-state index in [1.165, 1.54) is 24.8 Å². The lowest BCUT2D eigenvalue weighted by molar-refractivity contribution is 0.186. The minimum Gasteiger partial charge on any atom is -0.319 e. The standard InChI is InChI=1S/C16H23Cl2N/c1-11-3-4-12(10-19-2)13(7-11)8-14-9-15(17)5-6-16(14)18/h5-6,9,11-13,19H,3-4,7-8,10H2,1-2H3. The number of hydrogen-bond donors (Lipinski definition) is 1. The Labute approximate surface area is 126 Å². The van der Waals surface area contributed by atoms with E-state index in [0.29, 0.717) is 5.92 Å². The van der Waals surface area contributed by atoms with E-state index in [1.807, 2.05) is 25.2 Å². The zero-order valence-electron chi connectivity index (χ0n) is 11.8. The Morgan fingerprint density at radius 3 is 2.74 bits per heavy atom. The van der Waals surface area contributed by atoms with Gasteiger partial charge in [0.2, 0.25) is 0 Å². The van der Waals surface area contributed by atoms with Gasteiger partial charge in [0, 0.05) is 10.0 Å². The predicted octanol–water partition coefficient (Wildman–Crippen LogP) is 4.81. The molecular formula is C16H23Cl2N. The van der Waals surface area contributed by atoms with Gasteiger partial charge in [-0.2, -0.15) is 0 Å². The Bertz CT molecular complexity index is 419. The first kappa shape index (κ1) is 15.2. The molecule has 19 heavy (non-hydrogen) atoms. The maximum Gasteiger partial charge on any atom is 0.0439 e. The van der Waals surface area contributed by atoms with Crippen LogP contribution in [-0.2, 0) is 6.42 Å². The lowest BCUT2D eigenvalue weighted by atomic mass is 9.72. The zero-order valence-corrected chi connectivity index (χ0v) is 13.3. The third kappa shape index (κ3) is 4.11. The van der Waals surface area contributed by atoms with Crippen LogP contribution in [0.5, 0.6) is 0 Å². The summed E-state index contributed by atoms with van der Waals surface area (Å²) in [5, 5.41) is 4.97. The lowest BCUT2D eigenvalue weighted by Gasteiger charge is -2.35. The van der Waals surface area contributed by atoms with E-state index in [1.54, 1.807) is 0 Å². The monoisotopic (exact) mass is 299 g/mol. The second-order valence-corrected chi connectivity index (χ2v) is 6.78. The maximum atomic E-state index is 6.30. The summed E-state index contributed by atoms with van der Waals surface area (Å²) in [4.78, 5) is 0. The van der Waals surface area contributed by atoms with E-state index < -0.39 is 0 Å². The first-order chi connectivity index (χ1) is 9.10. The van der Waals surface area contributed by atoms with Gasteiger partial charge in [0.25, 0.3) is 0 Å². The Hall–Kier alpha value is -0.240. The highest BCUT2D eigenvalue weighted by Gasteiger charge is 2.28. The van der Waals surface area contributed by atoms with Crippen LogP contribution >= 0.6 is 23.2 Å². The summed E-state index contributed by atoms with van der Waals surface area (Å²) in [5.41, 5.74) is 1.20. The number of rotatable bonds is 4. The predicted molar refractivity (Wildman–Crippen MR) is 84.1 cm³/mol. The number of hydrogen-bond acceptors (Lipinski definition) is 1. The molecule has 3 atom stereocenters. The molecule has 0 aliphatic heterocycles. The van der Waals surface area contributed by atoms with Crippen molar-refractivity contribution in [1.29, 1.82) is 0 Å². The lowest BCUT2D eigenvalue weighted by Crippen LogP contribution is -2.32. The van der Waals surface area contributed by atoms with E-state index >= 15 is 0 Å². The van der Waals surface area contributed by atoms with Crippen molar-refractivity contribution in [3.8, 4) is 0 Å². The highest BCUT2D eigenvalue weighted by Crippen LogP contribution is 2.37. The van der Waals surface area contributed by atoms with Gasteiger partial charge in [0.1, 0.15) is 0 Å². The van der Waals surface area contributed by atoms with Gasteiger partial charge in [-0.15, -0.1) is 0 Å². The van der Waals surface area contributed by atoms with Gasteiger partial charge in [-0.05, 0) is 74.4 Å². The van der Waals surface area contributed by atoms with Crippen LogP contribution in [-0.4, -0.2) is 13.6 Å². The molecule has 0 heterocycles. The Morgan fingerprint density at radius 2 is 2.00 bits per heavy atom. The SMILES string of the molecule is CNCC1CCC(C)CC1Cc1cc(Cl)ccc1Cl. The Kier molecular flexibility index (Phi) is 5.56. The molecule has 0 aromatic heterocycles. The number of nitrogens with one attached hydrogen (secondary N) is 1. The van der Waals surface area contributed by atoms with Crippen molar-refractivity contribution < 1.29 is 0 Å². The van der Waals surface area contributed by atoms with Crippen molar-refractivity contribution >= 4 is 23.2 Å². The topological polar surface area (TPSA) is 12.0 Å². The average Bonchev–Trinajstić information content (AvgIpc) is 2.37. The largest absolute Gasteiger partial charge is 0.319 e. The first-order valence-electron chi connectivity index (χ1n) is 7.18. The molecule has 0 spiro atoms. The van der Waals surface area contributed by atoms with Gasteiger partial charge in [0.15, 0.2) is 0 Å². The van der Waals surface area contributed by atoms with Crippen LogP contribution in [0.2, 0.25) is 10.0 Å². The average molecular weight is 300 g/mol. The fourth-order valence-electron chi connectivity index (χ4n) is 3.32. The van der Waals surface area contributed by atoms with Crippen molar-refractivity contribution in [1.82, 2.24) is 5.32 Å². The fourth-order valence-corrected chi connectivity index (χ4v) is 3.71. The molecule has 1 N–H and O–H groups in total. The molecule has 1 fully saturated rings. The molecular weight excluding hydrogens is 277 g/mol. The number of benzene rings is 1. The summed E-state index contributed by atoms with van der Waals surface area (Å²) in [6.07, 6.45) is 5.03. The molecule has 3 unspecified atom stereocenters. The smallest absolute Gasteiger partial charge is 0.0439 e. The zero-order chi connectivity index (χ0) is 13.8. The minimum atomic E-state index is 0.715. The normalized spacial score (nSPS) is 27.5. The fraction of sp³-hybridized carbons (Fsp3) is 0.625. The van der Waals surface area contributed by atoms with Crippen LogP contribution < -0.4 is 5.32 Å². The van der Waals surface area contributed by atoms with Gasteiger partial charge >= 0.3 is 0 Å². The molecule has 106 valence electrons. The molecule has 3 heteroatoms. The van der Waals surface area contributed by atoms with Crippen molar-refractivity contribution in [2.45, 2.75) is 32.6 Å². The van der Waals surface area contributed by atoms with Crippen LogP contribution in [0, 0.1) is 17.8 Å². The van der Waals surface area contributed by atoms with Gasteiger partial charge in [-0.25, -0.2) is 0 Å². The molecule has 2 rings (SSSR count). The van der Waals surface area contributed by atoms with Gasteiger partial charge < -0.3 is 5.32 Å². The molecule has 1 nitrogen and oxygen atoms in total. The molecule has 0 saturated heterocycles.